The lowest BCUT2D eigenvalue weighted by Gasteiger charge is -2.15. The van der Waals surface area contributed by atoms with Gasteiger partial charge in [-0.15, -0.1) is 0 Å². The molecule has 0 aromatic carbocycles. The summed E-state index contributed by atoms with van der Waals surface area (Å²) >= 11 is 0. The highest BCUT2D eigenvalue weighted by molar-refractivity contribution is 4.84. The van der Waals surface area contributed by atoms with Gasteiger partial charge in [-0.1, -0.05) is 0 Å². The predicted molar refractivity (Wildman–Crippen MR) is 41.8 cm³/mol. The van der Waals surface area contributed by atoms with Crippen molar-refractivity contribution in [2.45, 2.75) is 19.4 Å². The number of hydrogen-bond acceptors (Lipinski definition) is 3. The van der Waals surface area contributed by atoms with Crippen LogP contribution in [0.1, 0.15) is 13.3 Å². The maximum absolute atomic E-state index is 9.16. The van der Waals surface area contributed by atoms with Crippen LogP contribution in [0.4, 0.5) is 0 Å². The van der Waals surface area contributed by atoms with Crippen molar-refractivity contribution in [2.24, 2.45) is 5.92 Å². The highest BCUT2D eigenvalue weighted by Gasteiger charge is 2.20. The largest absolute Gasteiger partial charge is 0.392 e. The zero-order valence-electron chi connectivity index (χ0n) is 6.82. The first-order valence-corrected chi connectivity index (χ1v) is 4.02. The standard InChI is InChI=1S/C8H14N2O/c1-7(4-9)5-10-3-2-8(11)6-10/h7-8,11H,2-3,5-6H2,1H3/t7?,8-/m0/s1. The van der Waals surface area contributed by atoms with E-state index in [1.165, 1.54) is 0 Å². The molecule has 1 aliphatic rings. The number of nitrogens with zero attached hydrogens (tertiary/aromatic N) is 2. The summed E-state index contributed by atoms with van der Waals surface area (Å²) in [6, 6.07) is 2.18. The zero-order valence-corrected chi connectivity index (χ0v) is 6.82. The van der Waals surface area contributed by atoms with Gasteiger partial charge in [0.2, 0.25) is 0 Å². The van der Waals surface area contributed by atoms with Crippen molar-refractivity contribution in [3.05, 3.63) is 0 Å². The van der Waals surface area contributed by atoms with Crippen LogP contribution in [-0.2, 0) is 0 Å². The second-order valence-corrected chi connectivity index (χ2v) is 3.23. The van der Waals surface area contributed by atoms with E-state index < -0.39 is 0 Å². The molecule has 0 aromatic heterocycles. The smallest absolute Gasteiger partial charge is 0.0679 e. The lowest BCUT2D eigenvalue weighted by Crippen LogP contribution is -2.26. The summed E-state index contributed by atoms with van der Waals surface area (Å²) in [5.41, 5.74) is 0. The molecular weight excluding hydrogens is 140 g/mol. The summed E-state index contributed by atoms with van der Waals surface area (Å²) in [5, 5.41) is 17.7. The molecule has 0 amide bonds. The topological polar surface area (TPSA) is 47.3 Å². The van der Waals surface area contributed by atoms with Gasteiger partial charge in [-0.05, 0) is 13.3 Å². The molecule has 1 fully saturated rings. The minimum absolute atomic E-state index is 0.0836. The Morgan fingerprint density at radius 1 is 1.82 bits per heavy atom. The van der Waals surface area contributed by atoms with Crippen LogP contribution in [0.5, 0.6) is 0 Å². The molecule has 62 valence electrons. The summed E-state index contributed by atoms with van der Waals surface area (Å²) < 4.78 is 0. The van der Waals surface area contributed by atoms with Crippen molar-refractivity contribution in [3.8, 4) is 6.07 Å². The molecule has 1 heterocycles. The first kappa shape index (κ1) is 8.51. The molecule has 1 N–H and O–H groups in total. The quantitative estimate of drug-likeness (QED) is 0.618. The van der Waals surface area contributed by atoms with E-state index in [2.05, 4.69) is 11.0 Å². The molecule has 1 aliphatic heterocycles. The van der Waals surface area contributed by atoms with Crippen LogP contribution in [0.15, 0.2) is 0 Å². The molecule has 3 heteroatoms. The third-order valence-electron chi connectivity index (χ3n) is 2.00. The van der Waals surface area contributed by atoms with Gasteiger partial charge in [-0.2, -0.15) is 5.26 Å². The fourth-order valence-electron chi connectivity index (χ4n) is 1.41. The van der Waals surface area contributed by atoms with Gasteiger partial charge in [0, 0.05) is 19.6 Å². The molecule has 0 spiro atoms. The van der Waals surface area contributed by atoms with Gasteiger partial charge < -0.3 is 5.11 Å². The third-order valence-corrected chi connectivity index (χ3v) is 2.00. The van der Waals surface area contributed by atoms with Crippen LogP contribution in [0.25, 0.3) is 0 Å². The van der Waals surface area contributed by atoms with Gasteiger partial charge in [-0.25, -0.2) is 0 Å². The molecule has 1 saturated heterocycles. The number of hydrogen-bond donors (Lipinski definition) is 1. The molecule has 2 atom stereocenters. The van der Waals surface area contributed by atoms with Crippen molar-refractivity contribution in [3.63, 3.8) is 0 Å². The van der Waals surface area contributed by atoms with Crippen molar-refractivity contribution in [1.29, 1.82) is 5.26 Å². The number of aliphatic hydroxyl groups excluding tert-OH is 1. The average Bonchev–Trinajstić information content (AvgIpc) is 2.35. The second-order valence-electron chi connectivity index (χ2n) is 3.23. The molecule has 0 aliphatic carbocycles. The van der Waals surface area contributed by atoms with E-state index in [-0.39, 0.29) is 12.0 Å². The van der Waals surface area contributed by atoms with Crippen molar-refractivity contribution in [2.75, 3.05) is 19.6 Å². The van der Waals surface area contributed by atoms with E-state index in [9.17, 15) is 0 Å². The Bertz CT molecular complexity index is 164. The maximum atomic E-state index is 9.16. The fourth-order valence-corrected chi connectivity index (χ4v) is 1.41. The van der Waals surface area contributed by atoms with E-state index >= 15 is 0 Å². The zero-order chi connectivity index (χ0) is 8.27. The van der Waals surface area contributed by atoms with Gasteiger partial charge in [0.25, 0.3) is 0 Å². The van der Waals surface area contributed by atoms with Gasteiger partial charge >= 0.3 is 0 Å². The normalized spacial score (nSPS) is 28.3. The maximum Gasteiger partial charge on any atom is 0.0679 e. The summed E-state index contributed by atoms with van der Waals surface area (Å²) in [6.07, 6.45) is 0.693. The average molecular weight is 154 g/mol. The van der Waals surface area contributed by atoms with Gasteiger partial charge in [0.1, 0.15) is 0 Å². The van der Waals surface area contributed by atoms with Gasteiger partial charge in [-0.3, -0.25) is 4.90 Å². The molecule has 1 unspecified atom stereocenters. The van der Waals surface area contributed by atoms with Crippen LogP contribution < -0.4 is 0 Å². The number of aliphatic hydroxyl groups is 1. The summed E-state index contributed by atoms with van der Waals surface area (Å²) in [7, 11) is 0. The Kier molecular flexibility index (Phi) is 2.86. The van der Waals surface area contributed by atoms with E-state index in [1.54, 1.807) is 0 Å². The molecule has 11 heavy (non-hydrogen) atoms. The van der Waals surface area contributed by atoms with E-state index in [1.807, 2.05) is 6.92 Å². The molecule has 0 saturated carbocycles. The number of likely N-dealkylation sites (tertiary alicyclic amines) is 1. The summed E-state index contributed by atoms with van der Waals surface area (Å²) in [6.45, 7) is 4.39. The highest BCUT2D eigenvalue weighted by Crippen LogP contribution is 2.10. The lowest BCUT2D eigenvalue weighted by molar-refractivity contribution is 0.174. The second kappa shape index (κ2) is 3.70. The minimum Gasteiger partial charge on any atom is -0.392 e. The van der Waals surface area contributed by atoms with E-state index in [4.69, 9.17) is 10.4 Å². The molecule has 0 bridgehead atoms. The van der Waals surface area contributed by atoms with Crippen molar-refractivity contribution >= 4 is 0 Å². The van der Waals surface area contributed by atoms with Crippen LogP contribution in [-0.4, -0.2) is 35.7 Å². The highest BCUT2D eigenvalue weighted by atomic mass is 16.3. The van der Waals surface area contributed by atoms with Gasteiger partial charge in [0.05, 0.1) is 18.1 Å². The van der Waals surface area contributed by atoms with Crippen LogP contribution in [0.2, 0.25) is 0 Å². The lowest BCUT2D eigenvalue weighted by atomic mass is 10.2. The first-order chi connectivity index (χ1) is 5.22. The molecular formula is C8H14N2O. The third kappa shape index (κ3) is 2.49. The minimum atomic E-state index is -0.166. The Morgan fingerprint density at radius 2 is 2.55 bits per heavy atom. The Hall–Kier alpha value is -0.590. The van der Waals surface area contributed by atoms with Crippen LogP contribution in [0.3, 0.4) is 0 Å². The summed E-state index contributed by atoms with van der Waals surface area (Å²) in [5.74, 6) is 0.0836. The molecule has 1 rings (SSSR count). The molecule has 3 nitrogen and oxygen atoms in total. The SMILES string of the molecule is CC(C#N)CN1CC[C@H](O)C1. The molecule has 0 radical (unpaired) electrons. The van der Waals surface area contributed by atoms with E-state index in [0.717, 1.165) is 26.1 Å². The van der Waals surface area contributed by atoms with Crippen LogP contribution >= 0.6 is 0 Å². The van der Waals surface area contributed by atoms with Crippen LogP contribution in [0, 0.1) is 17.2 Å². The first-order valence-electron chi connectivity index (χ1n) is 4.02. The molecule has 0 aromatic rings. The predicted octanol–water partition coefficient (Wildman–Crippen LogP) is 0.213. The van der Waals surface area contributed by atoms with Crippen molar-refractivity contribution in [1.82, 2.24) is 4.90 Å². The number of β-amino-alcohol motifs (C(OH)–C–C–N with tert-alkyl or cyclic N) is 1. The Labute approximate surface area is 67.2 Å². The van der Waals surface area contributed by atoms with E-state index in [0.29, 0.717) is 0 Å². The monoisotopic (exact) mass is 154 g/mol. The number of nitriles is 1. The fraction of sp³-hybridized carbons (Fsp3) is 0.875. The summed E-state index contributed by atoms with van der Waals surface area (Å²) in [4.78, 5) is 2.14. The Morgan fingerprint density at radius 3 is 3.00 bits per heavy atom. The van der Waals surface area contributed by atoms with Crippen molar-refractivity contribution < 1.29 is 5.11 Å². The number of rotatable bonds is 2. The van der Waals surface area contributed by atoms with Gasteiger partial charge in [0.15, 0.2) is 0 Å². The Balaban J connectivity index is 2.24.